The Morgan fingerprint density at radius 1 is 1.04 bits per heavy atom. The van der Waals surface area contributed by atoms with Crippen LogP contribution in [-0.4, -0.2) is 41.6 Å². The van der Waals surface area contributed by atoms with E-state index in [1.807, 2.05) is 41.6 Å². The van der Waals surface area contributed by atoms with Crippen LogP contribution in [0.2, 0.25) is 0 Å². The summed E-state index contributed by atoms with van der Waals surface area (Å²) in [6.45, 7) is 1.79. The average Bonchev–Trinajstić information content (AvgIpc) is 2.68. The Hall–Kier alpha value is -2.56. The number of carbonyl (C=O) groups is 1. The number of amides is 1. The number of aromatic nitrogens is 1. The monoisotopic (exact) mass is 324 g/mol. The third kappa shape index (κ3) is 2.94. The number of ether oxygens (including phenoxy) is 2. The lowest BCUT2D eigenvalue weighted by atomic mass is 9.90. The number of pyridine rings is 1. The molecule has 24 heavy (non-hydrogen) atoms. The second kappa shape index (κ2) is 6.51. The van der Waals surface area contributed by atoms with Gasteiger partial charge in [-0.15, -0.1) is 0 Å². The van der Waals surface area contributed by atoms with Gasteiger partial charge in [-0.1, -0.05) is 12.1 Å². The predicted octanol–water partition coefficient (Wildman–Crippen LogP) is 2.63. The van der Waals surface area contributed by atoms with Crippen molar-refractivity contribution >= 4 is 5.91 Å². The quantitative estimate of drug-likeness (QED) is 0.852. The van der Waals surface area contributed by atoms with Gasteiger partial charge < -0.3 is 14.4 Å². The molecule has 4 rings (SSSR count). The van der Waals surface area contributed by atoms with Crippen LogP contribution in [0.25, 0.3) is 0 Å². The van der Waals surface area contributed by atoms with Crippen LogP contribution in [0.4, 0.5) is 0 Å². The summed E-state index contributed by atoms with van der Waals surface area (Å²) in [5.74, 6) is 1.88. The molecular weight excluding hydrogens is 304 g/mol. The molecular formula is C19H20N2O3. The molecule has 5 nitrogen and oxygen atoms in total. The van der Waals surface area contributed by atoms with E-state index in [2.05, 4.69) is 17.1 Å². The minimum absolute atomic E-state index is 0.0256. The van der Waals surface area contributed by atoms with Crippen molar-refractivity contribution in [1.82, 2.24) is 9.88 Å². The Kier molecular flexibility index (Phi) is 4.07. The van der Waals surface area contributed by atoms with E-state index >= 15 is 0 Å². The third-order valence-electron chi connectivity index (χ3n) is 4.77. The Morgan fingerprint density at radius 2 is 1.75 bits per heavy atom. The highest BCUT2D eigenvalue weighted by Gasteiger charge is 2.33. The maximum Gasteiger partial charge on any atom is 0.267 e. The summed E-state index contributed by atoms with van der Waals surface area (Å²) in [5.41, 5.74) is 1.31. The van der Waals surface area contributed by atoms with Crippen LogP contribution in [0.15, 0.2) is 48.8 Å². The SMILES string of the molecule is O=C(C1COc2ccccc2O1)N1CCC(c2ccncc2)CC1. The number of carbonyl (C=O) groups excluding carboxylic acids is 1. The van der Waals surface area contributed by atoms with E-state index in [-0.39, 0.29) is 12.5 Å². The first-order valence-corrected chi connectivity index (χ1v) is 8.38. The van der Waals surface area contributed by atoms with E-state index in [1.165, 1.54) is 5.56 Å². The van der Waals surface area contributed by atoms with Gasteiger partial charge in [0.25, 0.3) is 5.91 Å². The van der Waals surface area contributed by atoms with E-state index < -0.39 is 6.10 Å². The van der Waals surface area contributed by atoms with Crippen molar-refractivity contribution in [3.63, 3.8) is 0 Å². The van der Waals surface area contributed by atoms with Crippen LogP contribution in [0.5, 0.6) is 11.5 Å². The number of rotatable bonds is 2. The van der Waals surface area contributed by atoms with Gasteiger partial charge in [0.2, 0.25) is 6.10 Å². The van der Waals surface area contributed by atoms with Crippen molar-refractivity contribution < 1.29 is 14.3 Å². The number of fused-ring (bicyclic) bond motifs is 1. The molecule has 0 saturated carbocycles. The molecule has 0 spiro atoms. The molecule has 1 unspecified atom stereocenters. The summed E-state index contributed by atoms with van der Waals surface area (Å²) >= 11 is 0. The summed E-state index contributed by atoms with van der Waals surface area (Å²) < 4.78 is 11.5. The van der Waals surface area contributed by atoms with Gasteiger partial charge in [-0.05, 0) is 48.6 Å². The summed E-state index contributed by atoms with van der Waals surface area (Å²) in [7, 11) is 0. The number of benzene rings is 1. The standard InChI is InChI=1S/C19H20N2O3/c22-19(18-13-23-16-3-1-2-4-17(16)24-18)21-11-7-15(8-12-21)14-5-9-20-10-6-14/h1-6,9-10,15,18H,7-8,11-13H2. The highest BCUT2D eigenvalue weighted by Crippen LogP contribution is 2.32. The first-order valence-electron chi connectivity index (χ1n) is 8.38. The molecule has 124 valence electrons. The van der Waals surface area contributed by atoms with Crippen LogP contribution in [0, 0.1) is 0 Å². The fourth-order valence-electron chi connectivity index (χ4n) is 3.41. The van der Waals surface area contributed by atoms with E-state index in [0.717, 1.165) is 25.9 Å². The topological polar surface area (TPSA) is 51.7 Å². The van der Waals surface area contributed by atoms with Crippen molar-refractivity contribution in [2.45, 2.75) is 24.9 Å². The van der Waals surface area contributed by atoms with E-state index in [9.17, 15) is 4.79 Å². The van der Waals surface area contributed by atoms with Gasteiger partial charge in [0, 0.05) is 25.5 Å². The first kappa shape index (κ1) is 15.0. The molecule has 3 heterocycles. The lowest BCUT2D eigenvalue weighted by Crippen LogP contribution is -2.48. The molecule has 2 aromatic rings. The van der Waals surface area contributed by atoms with Gasteiger partial charge in [0.15, 0.2) is 11.5 Å². The van der Waals surface area contributed by atoms with Crippen LogP contribution in [-0.2, 0) is 4.79 Å². The molecule has 2 aliphatic rings. The van der Waals surface area contributed by atoms with Crippen molar-refractivity contribution in [2.24, 2.45) is 0 Å². The van der Waals surface area contributed by atoms with Gasteiger partial charge in [0.1, 0.15) is 6.61 Å². The number of para-hydroxylation sites is 2. The van der Waals surface area contributed by atoms with E-state index in [4.69, 9.17) is 9.47 Å². The zero-order valence-corrected chi connectivity index (χ0v) is 13.4. The molecule has 1 atom stereocenters. The normalized spacial score (nSPS) is 20.7. The molecule has 1 aromatic heterocycles. The number of hydrogen-bond acceptors (Lipinski definition) is 4. The first-order chi connectivity index (χ1) is 11.8. The Balaban J connectivity index is 1.37. The largest absolute Gasteiger partial charge is 0.485 e. The van der Waals surface area contributed by atoms with Gasteiger partial charge >= 0.3 is 0 Å². The molecule has 0 aliphatic carbocycles. The van der Waals surface area contributed by atoms with Crippen molar-refractivity contribution in [3.05, 3.63) is 54.4 Å². The second-order valence-corrected chi connectivity index (χ2v) is 6.24. The van der Waals surface area contributed by atoms with Crippen molar-refractivity contribution in [1.29, 1.82) is 0 Å². The summed E-state index contributed by atoms with van der Waals surface area (Å²) in [4.78, 5) is 18.7. The number of likely N-dealkylation sites (tertiary alicyclic amines) is 1. The average molecular weight is 324 g/mol. The molecule has 0 N–H and O–H groups in total. The van der Waals surface area contributed by atoms with Crippen LogP contribution >= 0.6 is 0 Å². The Morgan fingerprint density at radius 3 is 2.50 bits per heavy atom. The van der Waals surface area contributed by atoms with Crippen LogP contribution in [0.1, 0.15) is 24.3 Å². The predicted molar refractivity (Wildman–Crippen MR) is 89.1 cm³/mol. The molecule has 1 saturated heterocycles. The molecule has 5 heteroatoms. The molecule has 1 amide bonds. The molecule has 1 fully saturated rings. The lowest BCUT2D eigenvalue weighted by molar-refractivity contribution is -0.142. The van der Waals surface area contributed by atoms with E-state index in [0.29, 0.717) is 17.4 Å². The number of nitrogens with zero attached hydrogens (tertiary/aromatic N) is 2. The minimum atomic E-state index is -0.544. The third-order valence-corrected chi connectivity index (χ3v) is 4.77. The zero-order valence-electron chi connectivity index (χ0n) is 13.4. The zero-order chi connectivity index (χ0) is 16.4. The maximum atomic E-state index is 12.7. The van der Waals surface area contributed by atoms with Gasteiger partial charge in [-0.3, -0.25) is 9.78 Å². The fraction of sp³-hybridized carbons (Fsp3) is 0.368. The van der Waals surface area contributed by atoms with E-state index in [1.54, 1.807) is 0 Å². The second-order valence-electron chi connectivity index (χ2n) is 6.24. The number of hydrogen-bond donors (Lipinski definition) is 0. The number of piperidine rings is 1. The summed E-state index contributed by atoms with van der Waals surface area (Å²) in [6.07, 6.45) is 5.06. The van der Waals surface area contributed by atoms with Gasteiger partial charge in [-0.2, -0.15) is 0 Å². The minimum Gasteiger partial charge on any atom is -0.485 e. The highest BCUT2D eigenvalue weighted by molar-refractivity contribution is 5.82. The Labute approximate surface area is 141 Å². The molecule has 2 aliphatic heterocycles. The van der Waals surface area contributed by atoms with Gasteiger partial charge in [-0.25, -0.2) is 0 Å². The molecule has 0 radical (unpaired) electrons. The van der Waals surface area contributed by atoms with Crippen LogP contribution < -0.4 is 9.47 Å². The molecule has 1 aromatic carbocycles. The Bertz CT molecular complexity index is 712. The lowest BCUT2D eigenvalue weighted by Gasteiger charge is -2.35. The maximum absolute atomic E-state index is 12.7. The fourth-order valence-corrected chi connectivity index (χ4v) is 3.41. The smallest absolute Gasteiger partial charge is 0.267 e. The summed E-state index contributed by atoms with van der Waals surface area (Å²) in [6, 6.07) is 11.6. The summed E-state index contributed by atoms with van der Waals surface area (Å²) in [5, 5.41) is 0. The van der Waals surface area contributed by atoms with Crippen molar-refractivity contribution in [3.8, 4) is 11.5 Å². The van der Waals surface area contributed by atoms with Crippen molar-refractivity contribution in [2.75, 3.05) is 19.7 Å². The van der Waals surface area contributed by atoms with Crippen LogP contribution in [0.3, 0.4) is 0 Å². The molecule has 0 bridgehead atoms. The van der Waals surface area contributed by atoms with Gasteiger partial charge in [0.05, 0.1) is 0 Å². The highest BCUT2D eigenvalue weighted by atomic mass is 16.6.